The Morgan fingerprint density at radius 2 is 1.59 bits per heavy atom. The molecule has 6 nitrogen and oxygen atoms in total. The van der Waals surface area contributed by atoms with E-state index in [1.165, 1.54) is 12.1 Å². The van der Waals surface area contributed by atoms with Crippen LogP contribution in [0.3, 0.4) is 0 Å². The summed E-state index contributed by atoms with van der Waals surface area (Å²) in [5, 5.41) is 2.73. The van der Waals surface area contributed by atoms with E-state index in [0.29, 0.717) is 11.4 Å². The molecule has 0 unspecified atom stereocenters. The maximum Gasteiger partial charge on any atom is 0.261 e. The lowest BCUT2D eigenvalue weighted by atomic mass is 10.2. The van der Waals surface area contributed by atoms with Crippen molar-refractivity contribution in [2.24, 2.45) is 0 Å². The van der Waals surface area contributed by atoms with Gasteiger partial charge in [0.1, 0.15) is 5.75 Å². The standard InChI is InChI=1S/C21H19BrN2O4S/c22-16-7-6-8-17(15-16)28-14-13-21(25)23-19-11-4-5-12-20(19)24-29(26,27)18-9-2-1-3-10-18/h1-12,15,24H,13-14H2,(H,23,25). The van der Waals surface area contributed by atoms with E-state index in [2.05, 4.69) is 26.0 Å². The minimum atomic E-state index is -3.76. The molecule has 3 aromatic rings. The van der Waals surface area contributed by atoms with Gasteiger partial charge in [0.15, 0.2) is 0 Å². The summed E-state index contributed by atoms with van der Waals surface area (Å²) in [5.74, 6) is 0.370. The second-order valence-electron chi connectivity index (χ2n) is 6.07. The second kappa shape index (κ2) is 9.58. The second-order valence-corrected chi connectivity index (χ2v) is 8.67. The average Bonchev–Trinajstić information content (AvgIpc) is 2.70. The van der Waals surface area contributed by atoms with Crippen LogP contribution in [0.25, 0.3) is 0 Å². The summed E-state index contributed by atoms with van der Waals surface area (Å²) in [6.45, 7) is 0.195. The fourth-order valence-corrected chi connectivity index (χ4v) is 3.99. The van der Waals surface area contributed by atoms with Crippen molar-refractivity contribution in [2.75, 3.05) is 16.6 Å². The Balaban J connectivity index is 1.62. The highest BCUT2D eigenvalue weighted by molar-refractivity contribution is 9.10. The molecule has 0 heterocycles. The first kappa shape index (κ1) is 20.9. The Hall–Kier alpha value is -2.84. The number of sulfonamides is 1. The number of carbonyl (C=O) groups excluding carboxylic acids is 1. The average molecular weight is 475 g/mol. The molecule has 0 atom stereocenters. The number of carbonyl (C=O) groups is 1. The van der Waals surface area contributed by atoms with E-state index in [1.54, 1.807) is 48.5 Å². The summed E-state index contributed by atoms with van der Waals surface area (Å²) >= 11 is 3.36. The van der Waals surface area contributed by atoms with Crippen LogP contribution >= 0.6 is 15.9 Å². The molecule has 0 aliphatic carbocycles. The zero-order valence-corrected chi connectivity index (χ0v) is 17.7. The highest BCUT2D eigenvalue weighted by atomic mass is 79.9. The van der Waals surface area contributed by atoms with Crippen molar-refractivity contribution in [3.8, 4) is 5.75 Å². The van der Waals surface area contributed by atoms with Crippen LogP contribution in [-0.2, 0) is 14.8 Å². The van der Waals surface area contributed by atoms with Crippen LogP contribution in [0.1, 0.15) is 6.42 Å². The quantitative estimate of drug-likeness (QED) is 0.497. The maximum atomic E-state index is 12.5. The number of benzene rings is 3. The lowest BCUT2D eigenvalue weighted by molar-refractivity contribution is -0.116. The summed E-state index contributed by atoms with van der Waals surface area (Å²) in [4.78, 5) is 12.4. The largest absolute Gasteiger partial charge is 0.493 e. The third-order valence-electron chi connectivity index (χ3n) is 3.89. The van der Waals surface area contributed by atoms with Gasteiger partial charge in [0.2, 0.25) is 5.91 Å². The Labute approximate surface area is 178 Å². The Kier molecular flexibility index (Phi) is 6.90. The molecule has 0 saturated heterocycles. The molecule has 0 aromatic heterocycles. The van der Waals surface area contributed by atoms with E-state index in [9.17, 15) is 13.2 Å². The van der Waals surface area contributed by atoms with Gasteiger partial charge in [0, 0.05) is 4.47 Å². The highest BCUT2D eigenvalue weighted by Gasteiger charge is 2.16. The number of hydrogen-bond acceptors (Lipinski definition) is 4. The molecule has 1 amide bonds. The number of ether oxygens (including phenoxy) is 1. The van der Waals surface area contributed by atoms with Crippen molar-refractivity contribution in [3.05, 3.63) is 83.3 Å². The minimum absolute atomic E-state index is 0.117. The molecule has 0 aliphatic heterocycles. The van der Waals surface area contributed by atoms with Gasteiger partial charge in [0.05, 0.1) is 29.3 Å². The van der Waals surface area contributed by atoms with Crippen LogP contribution in [0.4, 0.5) is 11.4 Å². The highest BCUT2D eigenvalue weighted by Crippen LogP contribution is 2.24. The normalized spacial score (nSPS) is 10.9. The van der Waals surface area contributed by atoms with Gasteiger partial charge in [-0.25, -0.2) is 8.42 Å². The molecular formula is C21H19BrN2O4S. The van der Waals surface area contributed by atoms with Gasteiger partial charge in [-0.1, -0.05) is 52.3 Å². The van der Waals surface area contributed by atoms with Gasteiger partial charge in [-0.15, -0.1) is 0 Å². The zero-order valence-electron chi connectivity index (χ0n) is 15.3. The maximum absolute atomic E-state index is 12.5. The van der Waals surface area contributed by atoms with Gasteiger partial charge in [-0.3, -0.25) is 9.52 Å². The third-order valence-corrected chi connectivity index (χ3v) is 5.77. The molecule has 0 spiro atoms. The van der Waals surface area contributed by atoms with Gasteiger partial charge >= 0.3 is 0 Å². The van der Waals surface area contributed by atoms with Crippen molar-refractivity contribution in [1.82, 2.24) is 0 Å². The first-order chi connectivity index (χ1) is 13.9. The SMILES string of the molecule is O=C(CCOc1cccc(Br)c1)Nc1ccccc1NS(=O)(=O)c1ccccc1. The Morgan fingerprint density at radius 1 is 0.897 bits per heavy atom. The number of nitrogens with one attached hydrogen (secondary N) is 2. The van der Waals surface area contributed by atoms with Crippen LogP contribution in [0.15, 0.2) is 88.2 Å². The van der Waals surface area contributed by atoms with Crippen LogP contribution < -0.4 is 14.8 Å². The van der Waals surface area contributed by atoms with E-state index in [1.807, 2.05) is 18.2 Å². The zero-order chi connectivity index (χ0) is 20.7. The predicted octanol–water partition coefficient (Wildman–Crippen LogP) is 4.66. The first-order valence-electron chi connectivity index (χ1n) is 8.79. The van der Waals surface area contributed by atoms with E-state index in [0.717, 1.165) is 4.47 Å². The smallest absolute Gasteiger partial charge is 0.261 e. The summed E-state index contributed by atoms with van der Waals surface area (Å²) in [6, 6.07) is 22.0. The molecule has 150 valence electrons. The summed E-state index contributed by atoms with van der Waals surface area (Å²) in [7, 11) is -3.76. The van der Waals surface area contributed by atoms with E-state index in [4.69, 9.17) is 4.74 Å². The van der Waals surface area contributed by atoms with Gasteiger partial charge in [-0.05, 0) is 42.5 Å². The van der Waals surface area contributed by atoms with E-state index < -0.39 is 10.0 Å². The fourth-order valence-electron chi connectivity index (χ4n) is 2.52. The molecule has 3 aromatic carbocycles. The minimum Gasteiger partial charge on any atom is -0.493 e. The lowest BCUT2D eigenvalue weighted by Crippen LogP contribution is -2.18. The molecule has 2 N–H and O–H groups in total. The van der Waals surface area contributed by atoms with Crippen molar-refractivity contribution in [3.63, 3.8) is 0 Å². The van der Waals surface area contributed by atoms with Crippen LogP contribution in [0.2, 0.25) is 0 Å². The lowest BCUT2D eigenvalue weighted by Gasteiger charge is -2.14. The summed E-state index contributed by atoms with van der Waals surface area (Å²) in [6.07, 6.45) is 0.117. The number of rotatable bonds is 8. The van der Waals surface area contributed by atoms with Crippen molar-refractivity contribution >= 4 is 43.2 Å². The predicted molar refractivity (Wildman–Crippen MR) is 117 cm³/mol. The molecular weight excluding hydrogens is 456 g/mol. The number of anilines is 2. The molecule has 0 aliphatic rings. The molecule has 0 fully saturated rings. The number of amides is 1. The molecule has 0 saturated carbocycles. The van der Waals surface area contributed by atoms with Gasteiger partial charge in [0.25, 0.3) is 10.0 Å². The van der Waals surface area contributed by atoms with Crippen LogP contribution in [0.5, 0.6) is 5.75 Å². The Bertz CT molecular complexity index is 1090. The van der Waals surface area contributed by atoms with Gasteiger partial charge < -0.3 is 10.1 Å². The summed E-state index contributed by atoms with van der Waals surface area (Å²) in [5.41, 5.74) is 0.664. The van der Waals surface area contributed by atoms with Crippen LogP contribution in [-0.4, -0.2) is 20.9 Å². The van der Waals surface area contributed by atoms with E-state index >= 15 is 0 Å². The first-order valence-corrected chi connectivity index (χ1v) is 11.1. The number of hydrogen-bond donors (Lipinski definition) is 2. The fraction of sp³-hybridized carbons (Fsp3) is 0.0952. The number of halogens is 1. The topological polar surface area (TPSA) is 84.5 Å². The molecule has 29 heavy (non-hydrogen) atoms. The third kappa shape index (κ3) is 6.07. The van der Waals surface area contributed by atoms with Crippen molar-refractivity contribution in [1.29, 1.82) is 0 Å². The van der Waals surface area contributed by atoms with Crippen molar-refractivity contribution in [2.45, 2.75) is 11.3 Å². The number of para-hydroxylation sites is 2. The molecule has 3 rings (SSSR count). The Morgan fingerprint density at radius 3 is 2.31 bits per heavy atom. The molecule has 8 heteroatoms. The monoisotopic (exact) mass is 474 g/mol. The molecule has 0 bridgehead atoms. The van der Waals surface area contributed by atoms with Crippen LogP contribution in [0, 0.1) is 0 Å². The van der Waals surface area contributed by atoms with E-state index in [-0.39, 0.29) is 29.5 Å². The summed E-state index contributed by atoms with van der Waals surface area (Å²) < 4.78 is 34.1. The van der Waals surface area contributed by atoms with Gasteiger partial charge in [-0.2, -0.15) is 0 Å². The van der Waals surface area contributed by atoms with Crippen molar-refractivity contribution < 1.29 is 17.9 Å². The molecule has 0 radical (unpaired) electrons.